The maximum Gasteiger partial charge on any atom is 0.243 e. The van der Waals surface area contributed by atoms with Gasteiger partial charge in [0.1, 0.15) is 6.61 Å². The predicted octanol–water partition coefficient (Wildman–Crippen LogP) is -0.891. The van der Waals surface area contributed by atoms with E-state index in [0.29, 0.717) is 6.61 Å². The summed E-state index contributed by atoms with van der Waals surface area (Å²) >= 11 is 0. The van der Waals surface area contributed by atoms with Crippen LogP contribution in [0.5, 0.6) is 0 Å². The van der Waals surface area contributed by atoms with E-state index in [4.69, 9.17) is 10.5 Å². The number of rotatable bonds is 4. The summed E-state index contributed by atoms with van der Waals surface area (Å²) in [6.07, 6.45) is 0.943. The second kappa shape index (κ2) is 4.23. The Morgan fingerprint density at radius 1 is 1.62 bits per heavy atom. The van der Waals surface area contributed by atoms with Crippen LogP contribution in [0.2, 0.25) is 0 Å². The minimum Gasteiger partial charge on any atom is -0.370 e. The number of amides is 2. The molecule has 2 N–H and O–H groups in total. The fourth-order valence-corrected chi connectivity index (χ4v) is 1.32. The zero-order valence-corrected chi connectivity index (χ0v) is 7.66. The Balaban J connectivity index is 2.15. The zero-order chi connectivity index (χ0) is 9.84. The lowest BCUT2D eigenvalue weighted by atomic mass is 10.0. The third-order valence-corrected chi connectivity index (χ3v) is 2.10. The van der Waals surface area contributed by atoms with Crippen molar-refractivity contribution < 1.29 is 14.3 Å². The van der Waals surface area contributed by atoms with Crippen LogP contribution in [0.15, 0.2) is 0 Å². The van der Waals surface area contributed by atoms with E-state index in [-0.39, 0.29) is 18.6 Å². The summed E-state index contributed by atoms with van der Waals surface area (Å²) in [7, 11) is 0. The second-order valence-electron chi connectivity index (χ2n) is 3.14. The van der Waals surface area contributed by atoms with Gasteiger partial charge in [-0.2, -0.15) is 0 Å². The highest BCUT2D eigenvalue weighted by atomic mass is 16.5. The molecule has 74 valence electrons. The first-order valence-electron chi connectivity index (χ1n) is 4.24. The summed E-state index contributed by atoms with van der Waals surface area (Å²) in [5.74, 6) is -0.423. The molecule has 5 nitrogen and oxygen atoms in total. The monoisotopic (exact) mass is 186 g/mol. The Hall–Kier alpha value is -1.10. The summed E-state index contributed by atoms with van der Waals surface area (Å²) < 4.78 is 5.01. The molecule has 0 aromatic carbocycles. The average Bonchev–Trinajstić information content (AvgIpc) is 1.93. The van der Waals surface area contributed by atoms with Crippen molar-refractivity contribution in [2.75, 3.05) is 19.8 Å². The van der Waals surface area contributed by atoms with Gasteiger partial charge in [0.2, 0.25) is 11.8 Å². The maximum atomic E-state index is 10.9. The Labute approximate surface area is 76.8 Å². The fourth-order valence-electron chi connectivity index (χ4n) is 1.32. The van der Waals surface area contributed by atoms with Gasteiger partial charge in [-0.05, 0) is 6.42 Å². The molecule has 1 atom stereocenters. The number of nitrogens with two attached hydrogens (primary N) is 1. The van der Waals surface area contributed by atoms with E-state index in [9.17, 15) is 9.59 Å². The minimum absolute atomic E-state index is 0.0546. The van der Waals surface area contributed by atoms with E-state index in [1.807, 2.05) is 0 Å². The molecule has 0 bridgehead atoms. The topological polar surface area (TPSA) is 72.6 Å². The van der Waals surface area contributed by atoms with E-state index in [0.717, 1.165) is 13.0 Å². The highest BCUT2D eigenvalue weighted by Crippen LogP contribution is 2.17. The molecule has 0 aliphatic carbocycles. The van der Waals surface area contributed by atoms with Crippen LogP contribution in [0.25, 0.3) is 0 Å². The van der Waals surface area contributed by atoms with E-state index in [1.165, 1.54) is 6.92 Å². The molecule has 0 spiro atoms. The molecule has 0 radical (unpaired) electrons. The number of primary amides is 1. The molecular formula is C8H14N2O3. The molecule has 1 fully saturated rings. The molecule has 1 rings (SSSR count). The number of ether oxygens (including phenoxy) is 1. The van der Waals surface area contributed by atoms with Crippen LogP contribution in [0.4, 0.5) is 0 Å². The molecule has 0 aromatic heterocycles. The number of carbonyl (C=O) groups is 2. The predicted molar refractivity (Wildman–Crippen MR) is 45.8 cm³/mol. The SMILES string of the molecule is CC(=O)N1CCC1COCC(N)=O. The Morgan fingerprint density at radius 3 is 2.69 bits per heavy atom. The van der Waals surface area contributed by atoms with Crippen molar-refractivity contribution in [1.82, 2.24) is 4.90 Å². The summed E-state index contributed by atoms with van der Waals surface area (Å²) in [4.78, 5) is 23.0. The van der Waals surface area contributed by atoms with Crippen molar-refractivity contribution in [3.63, 3.8) is 0 Å². The minimum atomic E-state index is -0.478. The molecule has 1 unspecified atom stereocenters. The molecule has 5 heteroatoms. The van der Waals surface area contributed by atoms with Gasteiger partial charge in [-0.1, -0.05) is 0 Å². The first-order valence-corrected chi connectivity index (χ1v) is 4.24. The van der Waals surface area contributed by atoms with Crippen LogP contribution in [0.1, 0.15) is 13.3 Å². The molecule has 2 amide bonds. The van der Waals surface area contributed by atoms with Gasteiger partial charge in [-0.3, -0.25) is 9.59 Å². The highest BCUT2D eigenvalue weighted by molar-refractivity contribution is 5.75. The number of hydrogen-bond acceptors (Lipinski definition) is 3. The van der Waals surface area contributed by atoms with Crippen LogP contribution in [-0.4, -0.2) is 42.5 Å². The lowest BCUT2D eigenvalue weighted by Gasteiger charge is -2.40. The van der Waals surface area contributed by atoms with Gasteiger partial charge in [-0.15, -0.1) is 0 Å². The average molecular weight is 186 g/mol. The van der Waals surface area contributed by atoms with E-state index in [2.05, 4.69) is 0 Å². The van der Waals surface area contributed by atoms with Crippen LogP contribution in [0, 0.1) is 0 Å². The lowest BCUT2D eigenvalue weighted by molar-refractivity contribution is -0.139. The van der Waals surface area contributed by atoms with E-state index in [1.54, 1.807) is 4.90 Å². The standard InChI is InChI=1S/C8H14N2O3/c1-6(11)10-3-2-7(10)4-13-5-8(9)12/h7H,2-5H2,1H3,(H2,9,12). The number of likely N-dealkylation sites (tertiary alicyclic amines) is 1. The van der Waals surface area contributed by atoms with Crippen molar-refractivity contribution in [3.8, 4) is 0 Å². The second-order valence-corrected chi connectivity index (χ2v) is 3.14. The molecule has 0 saturated carbocycles. The zero-order valence-electron chi connectivity index (χ0n) is 7.66. The van der Waals surface area contributed by atoms with Crippen LogP contribution < -0.4 is 5.73 Å². The molecule has 1 saturated heterocycles. The molecular weight excluding hydrogens is 172 g/mol. The van der Waals surface area contributed by atoms with Gasteiger partial charge in [0.15, 0.2) is 0 Å². The fraction of sp³-hybridized carbons (Fsp3) is 0.750. The Morgan fingerprint density at radius 2 is 2.31 bits per heavy atom. The summed E-state index contributed by atoms with van der Waals surface area (Å²) in [5, 5.41) is 0. The number of hydrogen-bond donors (Lipinski definition) is 1. The molecule has 1 aliphatic heterocycles. The van der Waals surface area contributed by atoms with Gasteiger partial charge < -0.3 is 15.4 Å². The van der Waals surface area contributed by atoms with Crippen LogP contribution >= 0.6 is 0 Å². The van der Waals surface area contributed by atoms with Crippen molar-refractivity contribution in [3.05, 3.63) is 0 Å². The third-order valence-electron chi connectivity index (χ3n) is 2.10. The largest absolute Gasteiger partial charge is 0.370 e. The normalized spacial score (nSPS) is 21.0. The summed E-state index contributed by atoms with van der Waals surface area (Å²) in [5.41, 5.74) is 4.89. The number of carbonyl (C=O) groups excluding carboxylic acids is 2. The smallest absolute Gasteiger partial charge is 0.243 e. The van der Waals surface area contributed by atoms with Crippen molar-refractivity contribution in [2.45, 2.75) is 19.4 Å². The molecule has 1 aliphatic rings. The van der Waals surface area contributed by atoms with Crippen LogP contribution in [0.3, 0.4) is 0 Å². The Bertz CT molecular complexity index is 217. The number of nitrogens with zero attached hydrogens (tertiary/aromatic N) is 1. The Kier molecular flexibility index (Phi) is 3.25. The molecule has 1 heterocycles. The van der Waals surface area contributed by atoms with Crippen molar-refractivity contribution >= 4 is 11.8 Å². The van der Waals surface area contributed by atoms with Gasteiger partial charge >= 0.3 is 0 Å². The van der Waals surface area contributed by atoms with Gasteiger partial charge in [-0.25, -0.2) is 0 Å². The van der Waals surface area contributed by atoms with E-state index >= 15 is 0 Å². The molecule has 0 aromatic rings. The quantitative estimate of drug-likeness (QED) is 0.619. The lowest BCUT2D eigenvalue weighted by Crippen LogP contribution is -2.52. The maximum absolute atomic E-state index is 10.9. The van der Waals surface area contributed by atoms with Gasteiger partial charge in [0, 0.05) is 13.5 Å². The summed E-state index contributed by atoms with van der Waals surface area (Å²) in [6, 6.07) is 0.136. The van der Waals surface area contributed by atoms with E-state index < -0.39 is 5.91 Å². The van der Waals surface area contributed by atoms with Gasteiger partial charge in [0.25, 0.3) is 0 Å². The highest BCUT2D eigenvalue weighted by Gasteiger charge is 2.29. The van der Waals surface area contributed by atoms with Crippen LogP contribution in [-0.2, 0) is 14.3 Å². The third kappa shape index (κ3) is 2.69. The van der Waals surface area contributed by atoms with Crippen molar-refractivity contribution in [2.24, 2.45) is 5.73 Å². The molecule has 13 heavy (non-hydrogen) atoms. The summed E-state index contributed by atoms with van der Waals surface area (Å²) in [6.45, 7) is 2.66. The first kappa shape index (κ1) is 9.98. The van der Waals surface area contributed by atoms with Crippen molar-refractivity contribution in [1.29, 1.82) is 0 Å². The van der Waals surface area contributed by atoms with Gasteiger partial charge in [0.05, 0.1) is 12.6 Å². The first-order chi connectivity index (χ1) is 6.11.